The summed E-state index contributed by atoms with van der Waals surface area (Å²) in [7, 11) is 0. The number of aromatic amines is 1. The fourth-order valence-electron chi connectivity index (χ4n) is 2.34. The van der Waals surface area contributed by atoms with Gasteiger partial charge in [-0.25, -0.2) is 4.79 Å². The third-order valence-electron chi connectivity index (χ3n) is 3.40. The molecule has 1 aliphatic rings. The van der Waals surface area contributed by atoms with E-state index in [9.17, 15) is 9.59 Å². The van der Waals surface area contributed by atoms with E-state index in [0.29, 0.717) is 11.5 Å². The Hall–Kier alpha value is -1.36. The Labute approximate surface area is 99.4 Å². The first-order chi connectivity index (χ1) is 8.02. The third kappa shape index (κ3) is 2.20. The first-order valence-corrected chi connectivity index (χ1v) is 6.00. The van der Waals surface area contributed by atoms with Gasteiger partial charge >= 0.3 is 5.69 Å². The average Bonchev–Trinajstić information content (AvgIpc) is 2.65. The van der Waals surface area contributed by atoms with E-state index in [0.717, 1.165) is 12.8 Å². The number of hydrogen-bond donors (Lipinski definition) is 1. The average molecular weight is 238 g/mol. The summed E-state index contributed by atoms with van der Waals surface area (Å²) in [6.07, 6.45) is 3.27. The van der Waals surface area contributed by atoms with Crippen molar-refractivity contribution in [3.8, 4) is 0 Å². The predicted molar refractivity (Wildman–Crippen MR) is 64.0 cm³/mol. The van der Waals surface area contributed by atoms with Crippen molar-refractivity contribution in [3.05, 3.63) is 32.6 Å². The van der Waals surface area contributed by atoms with Gasteiger partial charge < -0.3 is 4.74 Å². The molecule has 2 rings (SSSR count). The molecule has 0 saturated carbocycles. The lowest BCUT2D eigenvalue weighted by Gasteiger charge is -2.15. The number of nitrogens with zero attached hydrogens (tertiary/aromatic N) is 1. The molecule has 1 fully saturated rings. The Morgan fingerprint density at radius 2 is 2.24 bits per heavy atom. The molecule has 1 N–H and O–H groups in total. The van der Waals surface area contributed by atoms with Gasteiger partial charge in [0, 0.05) is 11.8 Å². The minimum atomic E-state index is -0.394. The van der Waals surface area contributed by atoms with E-state index in [1.165, 1.54) is 4.57 Å². The standard InChI is InChI=1S/C12H18N2O3/c1-4-9-7(2)5-10(17-9)14-6-8(3)11(15)13-12(14)16/h6-7,9-10H,4-5H2,1-3H3,(H,13,15,16). The SMILES string of the molecule is CCC1OC(n2cc(C)c(=O)[nH]c2=O)CC1C. The van der Waals surface area contributed by atoms with Crippen LogP contribution < -0.4 is 11.2 Å². The van der Waals surface area contributed by atoms with Crippen LogP contribution in [0.2, 0.25) is 0 Å². The second-order valence-electron chi connectivity index (χ2n) is 4.73. The van der Waals surface area contributed by atoms with Gasteiger partial charge in [0.25, 0.3) is 5.56 Å². The smallest absolute Gasteiger partial charge is 0.330 e. The molecule has 1 aliphatic heterocycles. The van der Waals surface area contributed by atoms with Crippen molar-refractivity contribution in [2.45, 2.75) is 45.9 Å². The molecule has 94 valence electrons. The fraction of sp³-hybridized carbons (Fsp3) is 0.667. The van der Waals surface area contributed by atoms with Crippen LogP contribution in [0.3, 0.4) is 0 Å². The van der Waals surface area contributed by atoms with Crippen LogP contribution in [0.15, 0.2) is 15.8 Å². The number of H-pyrrole nitrogens is 1. The second-order valence-corrected chi connectivity index (χ2v) is 4.73. The molecule has 0 aromatic carbocycles. The largest absolute Gasteiger partial charge is 0.354 e. The number of aromatic nitrogens is 2. The van der Waals surface area contributed by atoms with Gasteiger partial charge in [-0.1, -0.05) is 13.8 Å². The van der Waals surface area contributed by atoms with Crippen molar-refractivity contribution >= 4 is 0 Å². The summed E-state index contributed by atoms with van der Waals surface area (Å²) in [5.74, 6) is 0.434. The zero-order chi connectivity index (χ0) is 12.6. The van der Waals surface area contributed by atoms with Crippen LogP contribution in [0, 0.1) is 12.8 Å². The molecule has 2 heterocycles. The maximum Gasteiger partial charge on any atom is 0.330 e. The van der Waals surface area contributed by atoms with E-state index < -0.39 is 5.69 Å². The van der Waals surface area contributed by atoms with E-state index in [1.807, 2.05) is 0 Å². The molecule has 3 atom stereocenters. The van der Waals surface area contributed by atoms with E-state index in [-0.39, 0.29) is 17.9 Å². The van der Waals surface area contributed by atoms with Gasteiger partial charge in [0.05, 0.1) is 6.10 Å². The molecule has 1 saturated heterocycles. The molecule has 0 amide bonds. The Bertz CT molecular complexity index is 517. The quantitative estimate of drug-likeness (QED) is 0.841. The van der Waals surface area contributed by atoms with Crippen molar-refractivity contribution in [1.82, 2.24) is 9.55 Å². The Kier molecular flexibility index (Phi) is 3.19. The van der Waals surface area contributed by atoms with Gasteiger partial charge in [-0.2, -0.15) is 0 Å². The molecule has 3 unspecified atom stereocenters. The number of hydrogen-bond acceptors (Lipinski definition) is 3. The molecule has 1 aromatic heterocycles. The number of ether oxygens (including phenoxy) is 1. The van der Waals surface area contributed by atoms with Gasteiger partial charge in [0.15, 0.2) is 0 Å². The molecular formula is C12H18N2O3. The minimum absolute atomic E-state index is 0.194. The predicted octanol–water partition coefficient (Wildman–Crippen LogP) is 1.18. The third-order valence-corrected chi connectivity index (χ3v) is 3.40. The van der Waals surface area contributed by atoms with Crippen LogP contribution in [0.25, 0.3) is 0 Å². The molecule has 0 bridgehead atoms. The summed E-state index contributed by atoms with van der Waals surface area (Å²) in [4.78, 5) is 25.3. The van der Waals surface area contributed by atoms with Crippen LogP contribution in [-0.4, -0.2) is 15.7 Å². The van der Waals surface area contributed by atoms with Gasteiger partial charge in [-0.15, -0.1) is 0 Å². The first kappa shape index (κ1) is 12.1. The normalized spacial score (nSPS) is 28.5. The zero-order valence-electron chi connectivity index (χ0n) is 10.4. The molecular weight excluding hydrogens is 220 g/mol. The highest BCUT2D eigenvalue weighted by Crippen LogP contribution is 2.33. The zero-order valence-corrected chi connectivity index (χ0v) is 10.4. The second kappa shape index (κ2) is 4.49. The summed E-state index contributed by atoms with van der Waals surface area (Å²) in [5.41, 5.74) is -0.195. The Morgan fingerprint density at radius 3 is 2.82 bits per heavy atom. The lowest BCUT2D eigenvalue weighted by molar-refractivity contribution is -0.00768. The highest BCUT2D eigenvalue weighted by atomic mass is 16.5. The highest BCUT2D eigenvalue weighted by Gasteiger charge is 2.32. The Balaban J connectivity index is 2.34. The fourth-order valence-corrected chi connectivity index (χ4v) is 2.34. The van der Waals surface area contributed by atoms with Crippen molar-refractivity contribution in [1.29, 1.82) is 0 Å². The van der Waals surface area contributed by atoms with Gasteiger partial charge in [-0.3, -0.25) is 14.3 Å². The Morgan fingerprint density at radius 1 is 1.53 bits per heavy atom. The summed E-state index contributed by atoms with van der Waals surface area (Å²) < 4.78 is 7.31. The van der Waals surface area contributed by atoms with Crippen molar-refractivity contribution in [2.75, 3.05) is 0 Å². The minimum Gasteiger partial charge on any atom is -0.354 e. The molecule has 5 nitrogen and oxygen atoms in total. The van der Waals surface area contributed by atoms with E-state index in [2.05, 4.69) is 18.8 Å². The van der Waals surface area contributed by atoms with Crippen LogP contribution in [-0.2, 0) is 4.74 Å². The lowest BCUT2D eigenvalue weighted by atomic mass is 10.0. The molecule has 1 aromatic rings. The maximum absolute atomic E-state index is 11.7. The topological polar surface area (TPSA) is 64.1 Å². The van der Waals surface area contributed by atoms with Gasteiger partial charge in [0.1, 0.15) is 6.23 Å². The van der Waals surface area contributed by atoms with E-state index in [1.54, 1.807) is 13.1 Å². The van der Waals surface area contributed by atoms with Gasteiger partial charge in [0.2, 0.25) is 0 Å². The van der Waals surface area contributed by atoms with Crippen LogP contribution in [0.4, 0.5) is 0 Å². The lowest BCUT2D eigenvalue weighted by Crippen LogP contribution is -2.33. The van der Waals surface area contributed by atoms with Crippen molar-refractivity contribution in [3.63, 3.8) is 0 Å². The molecule has 0 aliphatic carbocycles. The monoisotopic (exact) mass is 238 g/mol. The first-order valence-electron chi connectivity index (χ1n) is 6.00. The maximum atomic E-state index is 11.7. The molecule has 0 radical (unpaired) electrons. The molecule has 5 heteroatoms. The summed E-state index contributed by atoms with van der Waals surface area (Å²) in [6.45, 7) is 5.88. The number of aryl methyl sites for hydroxylation is 1. The van der Waals surface area contributed by atoms with Gasteiger partial charge in [-0.05, 0) is 25.7 Å². The number of nitrogens with one attached hydrogen (secondary N) is 1. The number of rotatable bonds is 2. The molecule has 17 heavy (non-hydrogen) atoms. The van der Waals surface area contributed by atoms with Crippen molar-refractivity contribution < 1.29 is 4.74 Å². The highest BCUT2D eigenvalue weighted by molar-refractivity contribution is 5.01. The molecule has 0 spiro atoms. The van der Waals surface area contributed by atoms with Crippen molar-refractivity contribution in [2.24, 2.45) is 5.92 Å². The van der Waals surface area contributed by atoms with E-state index >= 15 is 0 Å². The van der Waals surface area contributed by atoms with Crippen LogP contribution >= 0.6 is 0 Å². The summed E-state index contributed by atoms with van der Waals surface area (Å²) >= 11 is 0. The van der Waals surface area contributed by atoms with Crippen LogP contribution in [0.5, 0.6) is 0 Å². The summed E-state index contributed by atoms with van der Waals surface area (Å²) in [5, 5.41) is 0. The van der Waals surface area contributed by atoms with E-state index in [4.69, 9.17) is 4.74 Å². The summed E-state index contributed by atoms with van der Waals surface area (Å²) in [6, 6.07) is 0. The van der Waals surface area contributed by atoms with Crippen LogP contribution in [0.1, 0.15) is 38.5 Å².